The molecule has 0 aromatic heterocycles. The number of carbonyl (C=O) groups is 3. The maximum absolute atomic E-state index is 14.1. The molecule has 0 bridgehead atoms. The van der Waals surface area contributed by atoms with Crippen LogP contribution in [0.15, 0.2) is 71.6 Å². The van der Waals surface area contributed by atoms with Crippen molar-refractivity contribution in [2.75, 3.05) is 33.4 Å². The number of hydrogen-bond donors (Lipinski definition) is 3. The average molecular weight is 760 g/mol. The van der Waals surface area contributed by atoms with Crippen LogP contribution >= 0.6 is 23.2 Å². The molecule has 0 fully saturated rings. The molecule has 272 valence electrons. The number of nitrogens with one attached hydrogen (secondary N) is 3. The molecule has 3 aromatic carbocycles. The molecule has 17 heteroatoms. The molecule has 2 unspecified atom stereocenters. The lowest BCUT2D eigenvalue weighted by molar-refractivity contribution is -0.158. The van der Waals surface area contributed by atoms with Crippen LogP contribution in [0.1, 0.15) is 25.0 Å². The predicted molar refractivity (Wildman–Crippen MR) is 182 cm³/mol. The van der Waals surface area contributed by atoms with Gasteiger partial charge in [-0.05, 0) is 55.3 Å². The van der Waals surface area contributed by atoms with E-state index in [1.807, 2.05) is 0 Å². The molecular formula is C33H38Cl2F2N4O8S. The highest BCUT2D eigenvalue weighted by molar-refractivity contribution is 7.89. The van der Waals surface area contributed by atoms with Gasteiger partial charge in [-0.3, -0.25) is 9.59 Å². The summed E-state index contributed by atoms with van der Waals surface area (Å²) in [7, 11) is -2.93. The maximum atomic E-state index is 14.1. The van der Waals surface area contributed by atoms with Crippen molar-refractivity contribution in [2.45, 2.75) is 50.1 Å². The van der Waals surface area contributed by atoms with E-state index in [-0.39, 0.29) is 53.3 Å². The average Bonchev–Trinajstić information content (AvgIpc) is 3.07. The fraction of sp³-hybridized carbons (Fsp3) is 0.364. The van der Waals surface area contributed by atoms with Crippen molar-refractivity contribution in [1.82, 2.24) is 20.3 Å². The first kappa shape index (κ1) is 40.6. The lowest BCUT2D eigenvalue weighted by Crippen LogP contribution is -2.58. The van der Waals surface area contributed by atoms with Crippen LogP contribution in [0.5, 0.6) is 0 Å². The van der Waals surface area contributed by atoms with Crippen molar-refractivity contribution < 1.29 is 45.8 Å². The number of amides is 3. The number of alkyl carbamates (subject to hydrolysis) is 1. The quantitative estimate of drug-likeness (QED) is 0.161. The zero-order valence-electron chi connectivity index (χ0n) is 27.5. The summed E-state index contributed by atoms with van der Waals surface area (Å²) in [5.41, 5.74) is 0.798. The highest BCUT2D eigenvalue weighted by Crippen LogP contribution is 2.24. The summed E-state index contributed by atoms with van der Waals surface area (Å²) in [5, 5.41) is 4.83. The van der Waals surface area contributed by atoms with E-state index in [4.69, 9.17) is 37.4 Å². The first-order valence-corrected chi connectivity index (χ1v) is 17.6. The van der Waals surface area contributed by atoms with Gasteiger partial charge in [0.1, 0.15) is 23.6 Å². The molecule has 0 radical (unpaired) electrons. The Balaban J connectivity index is 1.89. The van der Waals surface area contributed by atoms with Crippen LogP contribution in [0.4, 0.5) is 13.6 Å². The first-order chi connectivity index (χ1) is 23.7. The van der Waals surface area contributed by atoms with Crippen LogP contribution < -0.4 is 15.4 Å². The third kappa shape index (κ3) is 12.5. The number of hydrogen-bond acceptors (Lipinski definition) is 8. The van der Waals surface area contributed by atoms with Gasteiger partial charge < -0.3 is 29.7 Å². The van der Waals surface area contributed by atoms with E-state index in [1.54, 1.807) is 44.2 Å². The van der Waals surface area contributed by atoms with Gasteiger partial charge in [-0.2, -0.15) is 0 Å². The van der Waals surface area contributed by atoms with Gasteiger partial charge in [0.15, 0.2) is 17.9 Å². The smallest absolute Gasteiger partial charge is 0.408 e. The van der Waals surface area contributed by atoms with Gasteiger partial charge in [0.2, 0.25) is 21.8 Å². The minimum Gasteiger partial charge on any atom is -0.445 e. The van der Waals surface area contributed by atoms with Crippen LogP contribution in [0.2, 0.25) is 10.0 Å². The number of nitrogens with zero attached hydrogens (tertiary/aromatic N) is 1. The second-order valence-corrected chi connectivity index (χ2v) is 13.3. The van der Waals surface area contributed by atoms with Gasteiger partial charge in [0.25, 0.3) is 0 Å². The molecule has 0 aliphatic rings. The number of benzene rings is 3. The summed E-state index contributed by atoms with van der Waals surface area (Å²) in [6.07, 6.45) is -2.19. The lowest BCUT2D eigenvalue weighted by atomic mass is 10.0. The van der Waals surface area contributed by atoms with E-state index in [0.717, 1.165) is 18.2 Å². The molecular weight excluding hydrogens is 721 g/mol. The van der Waals surface area contributed by atoms with Crippen LogP contribution in [0, 0.1) is 11.6 Å². The standard InChI is InChI=1S/C33H38Cl2F2N4O8S/c1-4-47-30(48-5-2)19-41(3)32(43)27(16-22-11-13-25(36)26(37)15-22)39-31(42)28(40-33(44)49-20-21-9-7-6-8-10-21)18-38-50(45,46)29-14-12-23(34)17-24(29)35/h6-15,17,27-28,30,38H,4-5,16,18-20H2,1-3H3,(H,39,42)(H,40,44). The van der Waals surface area contributed by atoms with Crippen molar-refractivity contribution >= 4 is 51.1 Å². The molecule has 0 saturated heterocycles. The molecule has 3 N–H and O–H groups in total. The van der Waals surface area contributed by atoms with Crippen LogP contribution in [-0.4, -0.2) is 82.9 Å². The molecule has 0 aliphatic carbocycles. The summed E-state index contributed by atoms with van der Waals surface area (Å²) >= 11 is 12.0. The number of rotatable bonds is 18. The first-order valence-electron chi connectivity index (χ1n) is 15.4. The van der Waals surface area contributed by atoms with Crippen molar-refractivity contribution in [3.05, 3.63) is 99.5 Å². The van der Waals surface area contributed by atoms with Crippen molar-refractivity contribution in [1.29, 1.82) is 0 Å². The van der Waals surface area contributed by atoms with E-state index >= 15 is 0 Å². The Kier molecular flexibility index (Phi) is 15.8. The van der Waals surface area contributed by atoms with Gasteiger partial charge in [-0.15, -0.1) is 0 Å². The molecule has 12 nitrogen and oxygen atoms in total. The van der Waals surface area contributed by atoms with Crippen molar-refractivity contribution in [3.63, 3.8) is 0 Å². The summed E-state index contributed by atoms with van der Waals surface area (Å²) in [6, 6.07) is 12.3. The van der Waals surface area contributed by atoms with E-state index in [2.05, 4.69) is 15.4 Å². The predicted octanol–water partition coefficient (Wildman–Crippen LogP) is 4.43. The number of carbonyl (C=O) groups excluding carboxylic acids is 3. The summed E-state index contributed by atoms with van der Waals surface area (Å²) in [6.45, 7) is 3.11. The molecule has 3 rings (SSSR count). The topological polar surface area (TPSA) is 152 Å². The minimum absolute atomic E-state index is 0.0558. The fourth-order valence-electron chi connectivity index (χ4n) is 4.56. The molecule has 0 heterocycles. The lowest BCUT2D eigenvalue weighted by Gasteiger charge is -2.29. The molecule has 3 amide bonds. The van der Waals surface area contributed by atoms with Gasteiger partial charge in [-0.25, -0.2) is 26.7 Å². The normalized spacial score (nSPS) is 12.6. The second kappa shape index (κ2) is 19.5. The maximum Gasteiger partial charge on any atom is 0.408 e. The Morgan fingerprint density at radius 2 is 1.54 bits per heavy atom. The molecule has 0 saturated carbocycles. The van der Waals surface area contributed by atoms with Gasteiger partial charge in [0, 0.05) is 38.2 Å². The van der Waals surface area contributed by atoms with Crippen molar-refractivity contribution in [2.24, 2.45) is 0 Å². The van der Waals surface area contributed by atoms with E-state index in [9.17, 15) is 31.6 Å². The Bertz CT molecular complexity index is 1720. The number of ether oxygens (including phenoxy) is 3. The van der Waals surface area contributed by atoms with Crippen LogP contribution in [0.25, 0.3) is 0 Å². The number of halogens is 4. The molecule has 0 spiro atoms. The Morgan fingerprint density at radius 1 is 0.860 bits per heavy atom. The SMILES string of the molecule is CCOC(CN(C)C(=O)C(Cc1ccc(F)c(F)c1)NC(=O)C(CNS(=O)(=O)c1ccc(Cl)cc1Cl)NC(=O)OCc1ccccc1)OCC. The minimum atomic E-state index is -4.36. The van der Waals surface area contributed by atoms with Crippen LogP contribution in [-0.2, 0) is 46.9 Å². The van der Waals surface area contributed by atoms with E-state index < -0.39 is 64.5 Å². The van der Waals surface area contributed by atoms with Gasteiger partial charge >= 0.3 is 6.09 Å². The largest absolute Gasteiger partial charge is 0.445 e. The van der Waals surface area contributed by atoms with Crippen LogP contribution in [0.3, 0.4) is 0 Å². The third-order valence-electron chi connectivity index (χ3n) is 7.02. The summed E-state index contributed by atoms with van der Waals surface area (Å²) in [4.78, 5) is 41.2. The number of likely N-dealkylation sites (N-methyl/N-ethyl adjacent to an activating group) is 1. The number of sulfonamides is 1. The zero-order chi connectivity index (χ0) is 36.8. The monoisotopic (exact) mass is 758 g/mol. The Morgan fingerprint density at radius 3 is 2.16 bits per heavy atom. The molecule has 50 heavy (non-hydrogen) atoms. The second-order valence-electron chi connectivity index (χ2n) is 10.8. The Labute approximate surface area is 299 Å². The van der Waals surface area contributed by atoms with Crippen molar-refractivity contribution in [3.8, 4) is 0 Å². The van der Waals surface area contributed by atoms with E-state index in [1.165, 1.54) is 30.1 Å². The zero-order valence-corrected chi connectivity index (χ0v) is 29.8. The van der Waals surface area contributed by atoms with Gasteiger partial charge in [-0.1, -0.05) is 59.6 Å². The van der Waals surface area contributed by atoms with E-state index in [0.29, 0.717) is 5.56 Å². The molecule has 2 atom stereocenters. The molecule has 0 aliphatic heterocycles. The molecule has 3 aromatic rings. The summed E-state index contributed by atoms with van der Waals surface area (Å²) < 4.78 is 72.6. The highest BCUT2D eigenvalue weighted by atomic mass is 35.5. The third-order valence-corrected chi connectivity index (χ3v) is 9.17. The fourth-order valence-corrected chi connectivity index (χ4v) is 6.38. The Hall–Kier alpha value is -3.86. The highest BCUT2D eigenvalue weighted by Gasteiger charge is 2.32. The summed E-state index contributed by atoms with van der Waals surface area (Å²) in [5.74, 6) is -3.96. The van der Waals surface area contributed by atoms with Gasteiger partial charge in [0.05, 0.1) is 11.6 Å².